The van der Waals surface area contributed by atoms with Crippen LogP contribution in [0, 0.1) is 0 Å². The Labute approximate surface area is 89.2 Å². The van der Waals surface area contributed by atoms with Crippen LogP contribution in [0.3, 0.4) is 0 Å². The highest BCUT2D eigenvalue weighted by Crippen LogP contribution is 2.16. The first-order chi connectivity index (χ1) is 7.36. The number of aliphatic hydroxyl groups excluding tert-OH is 1. The van der Waals surface area contributed by atoms with Crippen molar-refractivity contribution in [2.45, 2.75) is 12.5 Å². The Balaban J connectivity index is 2.08. The van der Waals surface area contributed by atoms with Crippen LogP contribution in [0.5, 0.6) is 0 Å². The van der Waals surface area contributed by atoms with E-state index in [4.69, 9.17) is 0 Å². The van der Waals surface area contributed by atoms with Crippen LogP contribution in [0.1, 0.15) is 17.4 Å². The molecule has 2 heteroatoms. The van der Waals surface area contributed by atoms with E-state index in [1.165, 1.54) is 0 Å². The maximum Gasteiger partial charge on any atom is 0.0845 e. The Hall–Kier alpha value is -1.67. The minimum Gasteiger partial charge on any atom is -0.388 e. The van der Waals surface area contributed by atoms with Gasteiger partial charge in [-0.15, -0.1) is 0 Å². The Morgan fingerprint density at radius 3 is 2.40 bits per heavy atom. The SMILES string of the molecule is O[C@@H](Cc1ccccn1)c1ccccc1. The first kappa shape index (κ1) is 9.87. The third-order valence-corrected chi connectivity index (χ3v) is 2.31. The molecule has 0 fully saturated rings. The molecule has 1 atom stereocenters. The zero-order valence-electron chi connectivity index (χ0n) is 8.38. The molecule has 0 aliphatic carbocycles. The van der Waals surface area contributed by atoms with Crippen molar-refractivity contribution < 1.29 is 5.11 Å². The minimum atomic E-state index is -0.471. The molecule has 0 aliphatic heterocycles. The summed E-state index contributed by atoms with van der Waals surface area (Å²) in [6.45, 7) is 0. The fourth-order valence-electron chi connectivity index (χ4n) is 1.51. The summed E-state index contributed by atoms with van der Waals surface area (Å²) in [7, 11) is 0. The van der Waals surface area contributed by atoms with Gasteiger partial charge in [0, 0.05) is 18.3 Å². The quantitative estimate of drug-likeness (QED) is 0.823. The molecule has 0 spiro atoms. The van der Waals surface area contributed by atoms with Gasteiger partial charge in [-0.1, -0.05) is 36.4 Å². The summed E-state index contributed by atoms with van der Waals surface area (Å²) in [4.78, 5) is 4.18. The molecule has 15 heavy (non-hydrogen) atoms. The van der Waals surface area contributed by atoms with Crippen LogP contribution >= 0.6 is 0 Å². The van der Waals surface area contributed by atoms with E-state index < -0.39 is 6.10 Å². The van der Waals surface area contributed by atoms with Gasteiger partial charge in [0.1, 0.15) is 0 Å². The molecule has 0 bridgehead atoms. The van der Waals surface area contributed by atoms with Crippen molar-refractivity contribution in [2.24, 2.45) is 0 Å². The van der Waals surface area contributed by atoms with Crippen LogP contribution in [-0.2, 0) is 6.42 Å². The predicted molar refractivity (Wildman–Crippen MR) is 59.3 cm³/mol. The molecule has 0 unspecified atom stereocenters. The Morgan fingerprint density at radius 1 is 1.00 bits per heavy atom. The molecule has 2 aromatic rings. The Bertz CT molecular complexity index is 399. The van der Waals surface area contributed by atoms with Crippen molar-refractivity contribution in [1.82, 2.24) is 4.98 Å². The normalized spacial score (nSPS) is 12.3. The van der Waals surface area contributed by atoms with Gasteiger partial charge in [0.2, 0.25) is 0 Å². The van der Waals surface area contributed by atoms with E-state index in [2.05, 4.69) is 4.98 Å². The highest BCUT2D eigenvalue weighted by Gasteiger charge is 2.07. The van der Waals surface area contributed by atoms with Crippen LogP contribution in [0.4, 0.5) is 0 Å². The van der Waals surface area contributed by atoms with Crippen LogP contribution in [0.2, 0.25) is 0 Å². The summed E-state index contributed by atoms with van der Waals surface area (Å²) in [5, 5.41) is 9.93. The lowest BCUT2D eigenvalue weighted by Crippen LogP contribution is -2.02. The summed E-state index contributed by atoms with van der Waals surface area (Å²) < 4.78 is 0. The van der Waals surface area contributed by atoms with Crippen molar-refractivity contribution in [3.05, 3.63) is 66.0 Å². The predicted octanol–water partition coefficient (Wildman–Crippen LogP) is 2.36. The number of aromatic nitrogens is 1. The molecule has 2 nitrogen and oxygen atoms in total. The number of rotatable bonds is 3. The van der Waals surface area contributed by atoms with Crippen LogP contribution in [-0.4, -0.2) is 10.1 Å². The maximum atomic E-state index is 9.93. The molecular weight excluding hydrogens is 186 g/mol. The molecule has 0 saturated heterocycles. The number of hydrogen-bond donors (Lipinski definition) is 1. The number of pyridine rings is 1. The number of nitrogens with zero attached hydrogens (tertiary/aromatic N) is 1. The van der Waals surface area contributed by atoms with E-state index in [0.717, 1.165) is 11.3 Å². The molecule has 0 radical (unpaired) electrons. The molecule has 0 aliphatic rings. The van der Waals surface area contributed by atoms with E-state index in [9.17, 15) is 5.11 Å². The van der Waals surface area contributed by atoms with Gasteiger partial charge < -0.3 is 5.11 Å². The third-order valence-electron chi connectivity index (χ3n) is 2.31. The fraction of sp³-hybridized carbons (Fsp3) is 0.154. The molecule has 1 heterocycles. The Kier molecular flexibility index (Phi) is 3.10. The highest BCUT2D eigenvalue weighted by molar-refractivity contribution is 5.19. The van der Waals surface area contributed by atoms with E-state index in [0.29, 0.717) is 6.42 Å². The smallest absolute Gasteiger partial charge is 0.0845 e. The monoisotopic (exact) mass is 199 g/mol. The second kappa shape index (κ2) is 4.71. The summed E-state index contributed by atoms with van der Waals surface area (Å²) in [5.41, 5.74) is 1.84. The van der Waals surface area contributed by atoms with E-state index in [-0.39, 0.29) is 0 Å². The maximum absolute atomic E-state index is 9.93. The van der Waals surface area contributed by atoms with Gasteiger partial charge in [-0.05, 0) is 17.7 Å². The lowest BCUT2D eigenvalue weighted by molar-refractivity contribution is 0.177. The van der Waals surface area contributed by atoms with Crippen molar-refractivity contribution in [3.8, 4) is 0 Å². The largest absolute Gasteiger partial charge is 0.388 e. The highest BCUT2D eigenvalue weighted by atomic mass is 16.3. The molecule has 0 saturated carbocycles. The first-order valence-corrected chi connectivity index (χ1v) is 4.99. The van der Waals surface area contributed by atoms with Crippen molar-refractivity contribution in [3.63, 3.8) is 0 Å². The fourth-order valence-corrected chi connectivity index (χ4v) is 1.51. The molecule has 1 aromatic carbocycles. The van der Waals surface area contributed by atoms with Crippen molar-refractivity contribution in [1.29, 1.82) is 0 Å². The average molecular weight is 199 g/mol. The number of hydrogen-bond acceptors (Lipinski definition) is 2. The topological polar surface area (TPSA) is 33.1 Å². The van der Waals surface area contributed by atoms with E-state index in [1.54, 1.807) is 6.20 Å². The first-order valence-electron chi connectivity index (χ1n) is 4.99. The number of benzene rings is 1. The molecule has 1 N–H and O–H groups in total. The lowest BCUT2D eigenvalue weighted by Gasteiger charge is -2.09. The minimum absolute atomic E-state index is 0.471. The molecule has 76 valence electrons. The summed E-state index contributed by atoms with van der Waals surface area (Å²) in [6.07, 6.45) is 1.83. The molecule has 2 rings (SSSR count). The van der Waals surface area contributed by atoms with Crippen LogP contribution in [0.25, 0.3) is 0 Å². The van der Waals surface area contributed by atoms with Crippen molar-refractivity contribution >= 4 is 0 Å². The van der Waals surface area contributed by atoms with Gasteiger partial charge >= 0.3 is 0 Å². The van der Waals surface area contributed by atoms with Gasteiger partial charge in [0.25, 0.3) is 0 Å². The van der Waals surface area contributed by atoms with E-state index in [1.807, 2.05) is 48.5 Å². The zero-order chi connectivity index (χ0) is 10.5. The number of aliphatic hydroxyl groups is 1. The summed E-state index contributed by atoms with van der Waals surface area (Å²) in [5.74, 6) is 0. The Morgan fingerprint density at radius 2 is 1.73 bits per heavy atom. The van der Waals surface area contributed by atoms with Gasteiger partial charge in [-0.25, -0.2) is 0 Å². The van der Waals surface area contributed by atoms with E-state index >= 15 is 0 Å². The second-order valence-electron chi connectivity index (χ2n) is 3.45. The average Bonchev–Trinajstić information content (AvgIpc) is 2.31. The van der Waals surface area contributed by atoms with Gasteiger partial charge in [-0.3, -0.25) is 4.98 Å². The van der Waals surface area contributed by atoms with Gasteiger partial charge in [-0.2, -0.15) is 0 Å². The molecule has 1 aromatic heterocycles. The van der Waals surface area contributed by atoms with Crippen molar-refractivity contribution in [2.75, 3.05) is 0 Å². The van der Waals surface area contributed by atoms with Crippen LogP contribution in [0.15, 0.2) is 54.7 Å². The van der Waals surface area contributed by atoms with Gasteiger partial charge in [0.15, 0.2) is 0 Å². The lowest BCUT2D eigenvalue weighted by atomic mass is 10.0. The summed E-state index contributed by atoms with van der Waals surface area (Å²) in [6, 6.07) is 15.4. The molecule has 0 amide bonds. The second-order valence-corrected chi connectivity index (χ2v) is 3.45. The zero-order valence-corrected chi connectivity index (χ0v) is 8.38. The van der Waals surface area contributed by atoms with Gasteiger partial charge in [0.05, 0.1) is 6.10 Å². The standard InChI is InChI=1S/C13H13NO/c15-13(11-6-2-1-3-7-11)10-12-8-4-5-9-14-12/h1-9,13,15H,10H2/t13-/m0/s1. The molecular formula is C13H13NO. The summed E-state index contributed by atoms with van der Waals surface area (Å²) >= 11 is 0. The third kappa shape index (κ3) is 2.64. The van der Waals surface area contributed by atoms with Crippen LogP contribution < -0.4 is 0 Å².